The van der Waals surface area contributed by atoms with E-state index in [0.29, 0.717) is 18.2 Å². The predicted molar refractivity (Wildman–Crippen MR) is 68.8 cm³/mol. The Hall–Kier alpha value is -0.120. The first kappa shape index (κ1) is 13.9. The third kappa shape index (κ3) is 6.46. The van der Waals surface area contributed by atoms with Gasteiger partial charge in [-0.05, 0) is 39.2 Å². The first-order valence-electron chi connectivity index (χ1n) is 6.77. The Morgan fingerprint density at radius 1 is 1.19 bits per heavy atom. The molecule has 16 heavy (non-hydrogen) atoms. The Labute approximate surface area is 100 Å². The highest BCUT2D eigenvalue weighted by Gasteiger charge is 2.13. The van der Waals surface area contributed by atoms with Gasteiger partial charge in [-0.3, -0.25) is 0 Å². The van der Waals surface area contributed by atoms with Gasteiger partial charge in [-0.1, -0.05) is 13.8 Å². The Balaban J connectivity index is 1.96. The molecule has 2 atom stereocenters. The van der Waals surface area contributed by atoms with E-state index in [1.165, 1.54) is 19.3 Å². The molecule has 0 aliphatic carbocycles. The minimum atomic E-state index is 0.506. The van der Waals surface area contributed by atoms with E-state index in [9.17, 15) is 0 Å². The molecule has 1 heterocycles. The van der Waals surface area contributed by atoms with Crippen molar-refractivity contribution < 1.29 is 4.74 Å². The average molecular weight is 228 g/mol. The van der Waals surface area contributed by atoms with Gasteiger partial charge in [0.05, 0.1) is 6.10 Å². The molecule has 0 bridgehead atoms. The molecule has 0 amide bonds. The van der Waals surface area contributed by atoms with Crippen LogP contribution in [0.25, 0.3) is 0 Å². The molecule has 0 aromatic carbocycles. The van der Waals surface area contributed by atoms with E-state index in [1.54, 1.807) is 0 Å². The maximum absolute atomic E-state index is 5.70. The molecule has 1 saturated heterocycles. The Morgan fingerprint density at radius 3 is 2.62 bits per heavy atom. The molecule has 1 aliphatic heterocycles. The van der Waals surface area contributed by atoms with E-state index >= 15 is 0 Å². The van der Waals surface area contributed by atoms with Gasteiger partial charge in [0.15, 0.2) is 0 Å². The van der Waals surface area contributed by atoms with E-state index in [-0.39, 0.29) is 0 Å². The summed E-state index contributed by atoms with van der Waals surface area (Å²) in [5.41, 5.74) is 0. The third-order valence-corrected chi connectivity index (χ3v) is 3.07. The van der Waals surface area contributed by atoms with E-state index in [1.807, 2.05) is 0 Å². The highest BCUT2D eigenvalue weighted by molar-refractivity contribution is 4.69. The molecule has 1 rings (SSSR count). The summed E-state index contributed by atoms with van der Waals surface area (Å²) in [7, 11) is 0. The first-order valence-corrected chi connectivity index (χ1v) is 6.77. The van der Waals surface area contributed by atoms with Crippen molar-refractivity contribution in [2.45, 2.75) is 64.6 Å². The van der Waals surface area contributed by atoms with Gasteiger partial charge in [-0.2, -0.15) is 0 Å². The minimum Gasteiger partial charge on any atom is -0.378 e. The monoisotopic (exact) mass is 228 g/mol. The fraction of sp³-hybridized carbons (Fsp3) is 1.00. The second kappa shape index (κ2) is 8.04. The molecule has 96 valence electrons. The molecule has 0 aromatic heterocycles. The van der Waals surface area contributed by atoms with Crippen LogP contribution in [0.1, 0.15) is 46.5 Å². The molecular formula is C13H28N2O. The largest absolute Gasteiger partial charge is 0.378 e. The fourth-order valence-electron chi connectivity index (χ4n) is 2.01. The molecule has 1 fully saturated rings. The van der Waals surface area contributed by atoms with E-state index in [0.717, 1.165) is 26.1 Å². The molecule has 1 aliphatic rings. The summed E-state index contributed by atoms with van der Waals surface area (Å²) in [6.07, 6.45) is 5.51. The summed E-state index contributed by atoms with van der Waals surface area (Å²) in [5.74, 6) is 0. The highest BCUT2D eigenvalue weighted by Crippen LogP contribution is 2.14. The van der Waals surface area contributed by atoms with Crippen LogP contribution in [0.5, 0.6) is 0 Å². The minimum absolute atomic E-state index is 0.506. The van der Waals surface area contributed by atoms with Gasteiger partial charge in [0.2, 0.25) is 0 Å². The molecule has 0 aromatic rings. The van der Waals surface area contributed by atoms with Crippen molar-refractivity contribution in [2.24, 2.45) is 0 Å². The lowest BCUT2D eigenvalue weighted by atomic mass is 10.1. The smallest absolute Gasteiger partial charge is 0.0587 e. The second-order valence-corrected chi connectivity index (χ2v) is 5.20. The molecule has 0 saturated carbocycles. The summed E-state index contributed by atoms with van der Waals surface area (Å²) in [6.45, 7) is 9.69. The van der Waals surface area contributed by atoms with Gasteiger partial charge < -0.3 is 15.4 Å². The van der Waals surface area contributed by atoms with Gasteiger partial charge in [-0.25, -0.2) is 0 Å². The van der Waals surface area contributed by atoms with Gasteiger partial charge in [0, 0.05) is 25.2 Å². The van der Waals surface area contributed by atoms with Crippen LogP contribution in [0.4, 0.5) is 0 Å². The van der Waals surface area contributed by atoms with Gasteiger partial charge in [0.1, 0.15) is 0 Å². The third-order valence-electron chi connectivity index (χ3n) is 3.07. The van der Waals surface area contributed by atoms with Crippen LogP contribution < -0.4 is 10.6 Å². The van der Waals surface area contributed by atoms with Crippen LogP contribution >= 0.6 is 0 Å². The Bertz CT molecular complexity index is 167. The van der Waals surface area contributed by atoms with Crippen LogP contribution in [0, 0.1) is 0 Å². The average Bonchev–Trinajstić information content (AvgIpc) is 2.28. The Kier molecular flexibility index (Phi) is 7.01. The number of hydrogen-bond donors (Lipinski definition) is 2. The SMILES string of the molecule is CC(C)NCC(C)NCCC1CCCCO1. The summed E-state index contributed by atoms with van der Waals surface area (Å²) >= 11 is 0. The van der Waals surface area contributed by atoms with Crippen molar-refractivity contribution in [2.75, 3.05) is 19.7 Å². The Morgan fingerprint density at radius 2 is 2.00 bits per heavy atom. The number of ether oxygens (including phenoxy) is 1. The van der Waals surface area contributed by atoms with Crippen LogP contribution in [0.15, 0.2) is 0 Å². The van der Waals surface area contributed by atoms with E-state index in [2.05, 4.69) is 31.4 Å². The zero-order valence-corrected chi connectivity index (χ0v) is 11.1. The van der Waals surface area contributed by atoms with Crippen LogP contribution in [0.2, 0.25) is 0 Å². The van der Waals surface area contributed by atoms with E-state index < -0.39 is 0 Å². The van der Waals surface area contributed by atoms with Crippen molar-refractivity contribution in [3.63, 3.8) is 0 Å². The standard InChI is InChI=1S/C13H28N2O/c1-11(2)15-10-12(3)14-8-7-13-6-4-5-9-16-13/h11-15H,4-10H2,1-3H3. The maximum atomic E-state index is 5.70. The van der Waals surface area contributed by atoms with Crippen LogP contribution in [-0.2, 0) is 4.74 Å². The fourth-order valence-corrected chi connectivity index (χ4v) is 2.01. The van der Waals surface area contributed by atoms with Gasteiger partial charge in [-0.15, -0.1) is 0 Å². The second-order valence-electron chi connectivity index (χ2n) is 5.20. The maximum Gasteiger partial charge on any atom is 0.0587 e. The summed E-state index contributed by atoms with van der Waals surface area (Å²) < 4.78 is 5.70. The normalized spacial score (nSPS) is 23.6. The molecule has 2 N–H and O–H groups in total. The highest BCUT2D eigenvalue weighted by atomic mass is 16.5. The van der Waals surface area contributed by atoms with Crippen molar-refractivity contribution in [3.8, 4) is 0 Å². The summed E-state index contributed by atoms with van der Waals surface area (Å²) in [5, 5.41) is 6.98. The van der Waals surface area contributed by atoms with Crippen LogP contribution in [0.3, 0.4) is 0 Å². The molecule has 3 heteroatoms. The lowest BCUT2D eigenvalue weighted by Gasteiger charge is -2.23. The lowest BCUT2D eigenvalue weighted by molar-refractivity contribution is 0.0113. The molecule has 3 nitrogen and oxygen atoms in total. The lowest BCUT2D eigenvalue weighted by Crippen LogP contribution is -2.40. The first-order chi connectivity index (χ1) is 7.68. The summed E-state index contributed by atoms with van der Waals surface area (Å²) in [4.78, 5) is 0. The summed E-state index contributed by atoms with van der Waals surface area (Å²) in [6, 6.07) is 1.12. The van der Waals surface area contributed by atoms with Crippen LogP contribution in [-0.4, -0.2) is 37.9 Å². The van der Waals surface area contributed by atoms with Crippen molar-refractivity contribution >= 4 is 0 Å². The number of nitrogens with one attached hydrogen (secondary N) is 2. The predicted octanol–water partition coefficient (Wildman–Crippen LogP) is 1.92. The number of hydrogen-bond acceptors (Lipinski definition) is 3. The topological polar surface area (TPSA) is 33.3 Å². The molecule has 0 radical (unpaired) electrons. The van der Waals surface area contributed by atoms with Gasteiger partial charge in [0.25, 0.3) is 0 Å². The molecule has 2 unspecified atom stereocenters. The van der Waals surface area contributed by atoms with Gasteiger partial charge >= 0.3 is 0 Å². The van der Waals surface area contributed by atoms with Crippen molar-refractivity contribution in [1.29, 1.82) is 0 Å². The quantitative estimate of drug-likeness (QED) is 0.698. The molecule has 0 spiro atoms. The zero-order valence-electron chi connectivity index (χ0n) is 11.1. The van der Waals surface area contributed by atoms with E-state index in [4.69, 9.17) is 4.74 Å². The number of rotatable bonds is 7. The van der Waals surface area contributed by atoms with Crippen molar-refractivity contribution in [3.05, 3.63) is 0 Å². The molecular weight excluding hydrogens is 200 g/mol. The van der Waals surface area contributed by atoms with Crippen molar-refractivity contribution in [1.82, 2.24) is 10.6 Å². The zero-order chi connectivity index (χ0) is 11.8.